The molecule has 1 aromatic rings. The van der Waals surface area contributed by atoms with E-state index in [-0.39, 0.29) is 17.6 Å². The zero-order valence-electron chi connectivity index (χ0n) is 12.5. The van der Waals surface area contributed by atoms with Gasteiger partial charge in [0.2, 0.25) is 5.91 Å². The van der Waals surface area contributed by atoms with E-state index in [1.54, 1.807) is 19.1 Å². The van der Waals surface area contributed by atoms with Crippen molar-refractivity contribution in [2.75, 3.05) is 5.75 Å². The van der Waals surface area contributed by atoms with E-state index in [1.807, 2.05) is 0 Å². The molecule has 0 aliphatic heterocycles. The van der Waals surface area contributed by atoms with Crippen LogP contribution in [-0.2, 0) is 9.59 Å². The second-order valence-corrected chi connectivity index (χ2v) is 6.84. The van der Waals surface area contributed by atoms with E-state index in [9.17, 15) is 19.1 Å². The summed E-state index contributed by atoms with van der Waals surface area (Å²) in [6.07, 6.45) is 2.63. The number of aliphatic carboxylic acids is 1. The molecule has 4 nitrogen and oxygen atoms in total. The van der Waals surface area contributed by atoms with Gasteiger partial charge in [-0.1, -0.05) is 19.8 Å². The molecule has 2 rings (SSSR count). The van der Waals surface area contributed by atoms with Crippen molar-refractivity contribution < 1.29 is 19.1 Å². The minimum atomic E-state index is -1.09. The molecule has 1 amide bonds. The van der Waals surface area contributed by atoms with Crippen LogP contribution in [0.2, 0.25) is 0 Å². The molecule has 1 saturated carbocycles. The smallest absolute Gasteiger partial charge is 0.329 e. The molecule has 0 aromatic heterocycles. The highest BCUT2D eigenvalue weighted by molar-refractivity contribution is 7.99. The summed E-state index contributed by atoms with van der Waals surface area (Å²) in [5.41, 5.74) is -1.09. The number of carbonyl (C=O) groups is 2. The first-order chi connectivity index (χ1) is 10.4. The van der Waals surface area contributed by atoms with Crippen molar-refractivity contribution in [1.29, 1.82) is 0 Å². The fraction of sp³-hybridized carbons (Fsp3) is 0.500. The number of halogens is 1. The predicted molar refractivity (Wildman–Crippen MR) is 83.3 cm³/mol. The van der Waals surface area contributed by atoms with Gasteiger partial charge in [-0.05, 0) is 37.1 Å². The van der Waals surface area contributed by atoms with E-state index in [0.717, 1.165) is 17.7 Å². The number of benzene rings is 1. The molecule has 1 unspecified atom stereocenters. The van der Waals surface area contributed by atoms with Crippen molar-refractivity contribution in [2.24, 2.45) is 5.92 Å². The minimum Gasteiger partial charge on any atom is -0.480 e. The molecule has 0 spiro atoms. The van der Waals surface area contributed by atoms with Crippen molar-refractivity contribution in [3.05, 3.63) is 30.1 Å². The Bertz CT molecular complexity index is 541. The summed E-state index contributed by atoms with van der Waals surface area (Å²) in [6.45, 7) is 1.77. The highest BCUT2D eigenvalue weighted by Gasteiger charge is 2.43. The fourth-order valence-electron chi connectivity index (χ4n) is 2.56. The summed E-state index contributed by atoms with van der Waals surface area (Å²) in [6, 6.07) is 6.09. The van der Waals surface area contributed by atoms with Gasteiger partial charge >= 0.3 is 5.97 Å². The van der Waals surface area contributed by atoms with Crippen LogP contribution in [0.25, 0.3) is 0 Å². The summed E-state index contributed by atoms with van der Waals surface area (Å²) < 4.78 is 12.8. The van der Waals surface area contributed by atoms with Gasteiger partial charge in [0.25, 0.3) is 0 Å². The van der Waals surface area contributed by atoms with Crippen molar-refractivity contribution in [2.45, 2.75) is 43.0 Å². The van der Waals surface area contributed by atoms with Crippen LogP contribution in [0.3, 0.4) is 0 Å². The number of hydrogen-bond acceptors (Lipinski definition) is 3. The molecular weight excluding hydrogens is 305 g/mol. The Morgan fingerprint density at radius 1 is 1.32 bits per heavy atom. The van der Waals surface area contributed by atoms with E-state index in [0.29, 0.717) is 18.6 Å². The lowest BCUT2D eigenvalue weighted by Crippen LogP contribution is -2.54. The number of carboxylic acid groups (broad SMARTS) is 1. The first-order valence-electron chi connectivity index (χ1n) is 7.37. The number of carbonyl (C=O) groups excluding carboxylic acids is 1. The van der Waals surface area contributed by atoms with Crippen LogP contribution in [0.1, 0.15) is 32.6 Å². The second-order valence-electron chi connectivity index (χ2n) is 5.75. The zero-order valence-corrected chi connectivity index (χ0v) is 13.3. The summed E-state index contributed by atoms with van der Waals surface area (Å²) in [5.74, 6) is -1.27. The lowest BCUT2D eigenvalue weighted by molar-refractivity contribution is -0.147. The maximum Gasteiger partial charge on any atom is 0.329 e. The van der Waals surface area contributed by atoms with Crippen LogP contribution in [0.5, 0.6) is 0 Å². The molecule has 0 radical (unpaired) electrons. The molecule has 0 bridgehead atoms. The van der Waals surface area contributed by atoms with Gasteiger partial charge in [0, 0.05) is 16.6 Å². The summed E-state index contributed by atoms with van der Waals surface area (Å²) in [7, 11) is 0. The van der Waals surface area contributed by atoms with Crippen LogP contribution in [0.4, 0.5) is 4.39 Å². The maximum atomic E-state index is 12.8. The number of rotatable bonds is 6. The molecule has 1 fully saturated rings. The highest BCUT2D eigenvalue weighted by Crippen LogP contribution is 2.30. The van der Waals surface area contributed by atoms with E-state index in [1.165, 1.54) is 23.9 Å². The van der Waals surface area contributed by atoms with Gasteiger partial charge in [-0.25, -0.2) is 9.18 Å². The summed E-state index contributed by atoms with van der Waals surface area (Å²) in [5, 5.41) is 12.1. The molecule has 1 atom stereocenters. The highest BCUT2D eigenvalue weighted by atomic mass is 32.2. The third-order valence-corrected chi connectivity index (χ3v) is 5.26. The summed E-state index contributed by atoms with van der Waals surface area (Å²) >= 11 is 1.46. The molecule has 1 aliphatic rings. The number of amides is 1. The predicted octanol–water partition coefficient (Wildman–Crippen LogP) is 3.07. The van der Waals surface area contributed by atoms with Crippen LogP contribution in [-0.4, -0.2) is 28.3 Å². The Kier molecular flexibility index (Phi) is 5.45. The largest absolute Gasteiger partial charge is 0.480 e. The molecule has 0 saturated heterocycles. The van der Waals surface area contributed by atoms with E-state index in [4.69, 9.17) is 0 Å². The Labute approximate surface area is 133 Å². The van der Waals surface area contributed by atoms with Crippen molar-refractivity contribution in [3.8, 4) is 0 Å². The molecule has 0 heterocycles. The van der Waals surface area contributed by atoms with E-state index < -0.39 is 11.5 Å². The number of carboxylic acids is 1. The maximum absolute atomic E-state index is 12.8. The quantitative estimate of drug-likeness (QED) is 0.789. The Morgan fingerprint density at radius 3 is 2.45 bits per heavy atom. The van der Waals surface area contributed by atoms with Gasteiger partial charge in [0.05, 0.1) is 0 Å². The van der Waals surface area contributed by atoms with Gasteiger partial charge in [-0.2, -0.15) is 0 Å². The molecule has 1 aromatic carbocycles. The van der Waals surface area contributed by atoms with Gasteiger partial charge in [0.1, 0.15) is 11.4 Å². The average Bonchev–Trinajstić information content (AvgIpc) is 2.96. The first-order valence-corrected chi connectivity index (χ1v) is 8.35. The minimum absolute atomic E-state index is 0.237. The van der Waals surface area contributed by atoms with Gasteiger partial charge in [-0.3, -0.25) is 4.79 Å². The van der Waals surface area contributed by atoms with Crippen molar-refractivity contribution in [3.63, 3.8) is 0 Å². The number of thioether (sulfide) groups is 1. The van der Waals surface area contributed by atoms with Gasteiger partial charge in [-0.15, -0.1) is 11.8 Å². The van der Waals surface area contributed by atoms with E-state index >= 15 is 0 Å². The third-order valence-electron chi connectivity index (χ3n) is 3.99. The first kappa shape index (κ1) is 16.8. The normalized spacial score (nSPS) is 17.9. The van der Waals surface area contributed by atoms with Crippen molar-refractivity contribution >= 4 is 23.6 Å². The van der Waals surface area contributed by atoms with Crippen LogP contribution >= 0.6 is 11.8 Å². The molecule has 120 valence electrons. The average molecular weight is 325 g/mol. The Hall–Kier alpha value is -1.56. The van der Waals surface area contributed by atoms with Crippen molar-refractivity contribution in [1.82, 2.24) is 5.32 Å². The molecule has 6 heteroatoms. The zero-order chi connectivity index (χ0) is 16.2. The number of hydrogen-bond donors (Lipinski definition) is 2. The van der Waals surface area contributed by atoms with Crippen LogP contribution in [0, 0.1) is 11.7 Å². The van der Waals surface area contributed by atoms with Crippen LogP contribution in [0.15, 0.2) is 29.2 Å². The third kappa shape index (κ3) is 4.00. The second kappa shape index (κ2) is 7.13. The van der Waals surface area contributed by atoms with Gasteiger partial charge < -0.3 is 10.4 Å². The Balaban J connectivity index is 1.89. The summed E-state index contributed by atoms with van der Waals surface area (Å²) in [4.78, 5) is 24.6. The fourth-order valence-corrected chi connectivity index (χ4v) is 3.48. The molecule has 1 aliphatic carbocycles. The van der Waals surface area contributed by atoms with Gasteiger partial charge in [0.15, 0.2) is 0 Å². The van der Waals surface area contributed by atoms with E-state index in [2.05, 4.69) is 5.32 Å². The topological polar surface area (TPSA) is 66.4 Å². The molecule has 22 heavy (non-hydrogen) atoms. The molecular formula is C16H20FNO3S. The lowest BCUT2D eigenvalue weighted by atomic mass is 9.97. The molecule has 2 N–H and O–H groups in total. The van der Waals surface area contributed by atoms with Crippen LogP contribution < -0.4 is 5.32 Å². The monoisotopic (exact) mass is 325 g/mol. The lowest BCUT2D eigenvalue weighted by Gasteiger charge is -2.27. The SMILES string of the molecule is CC(CSc1ccc(F)cc1)C(=O)NC1(C(=O)O)CCCC1. The number of nitrogens with one attached hydrogen (secondary N) is 1. The standard InChI is InChI=1S/C16H20FNO3S/c1-11(10-22-13-6-4-12(17)5-7-13)14(19)18-16(15(20)21)8-2-3-9-16/h4-7,11H,2-3,8-10H2,1H3,(H,18,19)(H,20,21). The Morgan fingerprint density at radius 2 is 1.91 bits per heavy atom.